The highest BCUT2D eigenvalue weighted by Crippen LogP contribution is 2.32. The minimum absolute atomic E-state index is 0.249. The molecule has 1 aliphatic heterocycles. The van der Waals surface area contributed by atoms with Crippen LogP contribution in [0.1, 0.15) is 27.2 Å². The average Bonchev–Trinajstić information content (AvgIpc) is 2.81. The molecule has 2 heterocycles. The van der Waals surface area contributed by atoms with Crippen LogP contribution in [0.4, 0.5) is 5.69 Å². The van der Waals surface area contributed by atoms with E-state index in [1.165, 1.54) is 4.90 Å². The summed E-state index contributed by atoms with van der Waals surface area (Å²) >= 11 is 6.21. The number of rotatable bonds is 2. The standard InChI is InChI=1S/C15H14ClN3O2/c1-8-4-5-12-10(6-8)13(20)15(21)19(12)7-11-9(2)17-18(3)14(11)16/h4-6H,7H2,1-3H3. The largest absolute Gasteiger partial charge is 0.300 e. The third kappa shape index (κ3) is 2.05. The second-order valence-corrected chi connectivity index (χ2v) is 5.58. The van der Waals surface area contributed by atoms with Crippen molar-refractivity contribution in [3.8, 4) is 0 Å². The Morgan fingerprint density at radius 3 is 2.57 bits per heavy atom. The first-order chi connectivity index (χ1) is 9.90. The van der Waals surface area contributed by atoms with Gasteiger partial charge in [0, 0.05) is 12.6 Å². The number of amides is 1. The van der Waals surface area contributed by atoms with Gasteiger partial charge in [0.2, 0.25) is 0 Å². The van der Waals surface area contributed by atoms with Gasteiger partial charge in [0.15, 0.2) is 0 Å². The average molecular weight is 304 g/mol. The topological polar surface area (TPSA) is 55.2 Å². The van der Waals surface area contributed by atoms with Gasteiger partial charge in [-0.05, 0) is 26.0 Å². The highest BCUT2D eigenvalue weighted by atomic mass is 35.5. The van der Waals surface area contributed by atoms with Gasteiger partial charge in [0.1, 0.15) is 5.15 Å². The summed E-state index contributed by atoms with van der Waals surface area (Å²) in [4.78, 5) is 25.8. The SMILES string of the molecule is Cc1ccc2c(c1)C(=O)C(=O)N2Cc1c(C)nn(C)c1Cl. The maximum Gasteiger partial charge on any atom is 0.299 e. The van der Waals surface area contributed by atoms with Gasteiger partial charge < -0.3 is 4.90 Å². The van der Waals surface area contributed by atoms with Crippen LogP contribution in [0.3, 0.4) is 0 Å². The zero-order valence-corrected chi connectivity index (χ0v) is 12.7. The van der Waals surface area contributed by atoms with Gasteiger partial charge in [-0.15, -0.1) is 0 Å². The summed E-state index contributed by atoms with van der Waals surface area (Å²) in [5.41, 5.74) is 3.55. The second-order valence-electron chi connectivity index (χ2n) is 5.22. The normalized spacial score (nSPS) is 14.0. The molecule has 0 fully saturated rings. The summed E-state index contributed by atoms with van der Waals surface area (Å²) in [5.74, 6) is -0.985. The Balaban J connectivity index is 2.04. The number of Topliss-reactive ketones (excluding diaryl/α,β-unsaturated/α-hetero) is 1. The van der Waals surface area contributed by atoms with Crippen molar-refractivity contribution in [3.05, 3.63) is 45.7 Å². The third-order valence-corrected chi connectivity index (χ3v) is 4.19. The Bertz CT molecular complexity index is 779. The van der Waals surface area contributed by atoms with Gasteiger partial charge in [-0.1, -0.05) is 23.2 Å². The van der Waals surface area contributed by atoms with E-state index in [9.17, 15) is 9.59 Å². The van der Waals surface area contributed by atoms with Crippen LogP contribution < -0.4 is 4.90 Å². The molecule has 0 spiro atoms. The van der Waals surface area contributed by atoms with Crippen molar-refractivity contribution in [3.63, 3.8) is 0 Å². The number of halogens is 1. The summed E-state index contributed by atoms with van der Waals surface area (Å²) in [5, 5.41) is 4.71. The fraction of sp³-hybridized carbons (Fsp3) is 0.267. The minimum atomic E-state index is -0.519. The van der Waals surface area contributed by atoms with Crippen molar-refractivity contribution >= 4 is 29.0 Å². The van der Waals surface area contributed by atoms with E-state index in [0.717, 1.165) is 16.8 Å². The monoisotopic (exact) mass is 303 g/mol. The third-order valence-electron chi connectivity index (χ3n) is 3.71. The molecule has 3 rings (SSSR count). The lowest BCUT2D eigenvalue weighted by atomic mass is 10.1. The van der Waals surface area contributed by atoms with Crippen molar-refractivity contribution in [1.29, 1.82) is 0 Å². The van der Waals surface area contributed by atoms with E-state index in [0.29, 0.717) is 16.4 Å². The zero-order valence-electron chi connectivity index (χ0n) is 12.0. The summed E-state index contributed by atoms with van der Waals surface area (Å²) in [6, 6.07) is 5.43. The molecule has 0 saturated carbocycles. The molecule has 1 aliphatic rings. The molecule has 0 atom stereocenters. The number of aromatic nitrogens is 2. The Hall–Kier alpha value is -2.14. The van der Waals surface area contributed by atoms with Gasteiger partial charge in [-0.2, -0.15) is 5.10 Å². The molecule has 0 saturated heterocycles. The minimum Gasteiger partial charge on any atom is -0.300 e. The number of carbonyl (C=O) groups is 2. The maximum absolute atomic E-state index is 12.2. The van der Waals surface area contributed by atoms with Crippen molar-refractivity contribution < 1.29 is 9.59 Å². The van der Waals surface area contributed by atoms with Gasteiger partial charge in [-0.3, -0.25) is 14.3 Å². The lowest BCUT2D eigenvalue weighted by Crippen LogP contribution is -2.29. The van der Waals surface area contributed by atoms with Crippen LogP contribution in [0.15, 0.2) is 18.2 Å². The maximum atomic E-state index is 12.2. The molecule has 0 aliphatic carbocycles. The molecule has 1 aromatic carbocycles. The van der Waals surface area contributed by atoms with E-state index in [4.69, 9.17) is 11.6 Å². The molecule has 0 bridgehead atoms. The van der Waals surface area contributed by atoms with Gasteiger partial charge >= 0.3 is 0 Å². The number of anilines is 1. The van der Waals surface area contributed by atoms with Crippen LogP contribution in [0.2, 0.25) is 5.15 Å². The van der Waals surface area contributed by atoms with Crippen molar-refractivity contribution in [1.82, 2.24) is 9.78 Å². The number of ketones is 1. The van der Waals surface area contributed by atoms with Crippen LogP contribution in [-0.4, -0.2) is 21.5 Å². The van der Waals surface area contributed by atoms with E-state index in [-0.39, 0.29) is 6.54 Å². The number of carbonyl (C=O) groups excluding carboxylic acids is 2. The number of fused-ring (bicyclic) bond motifs is 1. The molecule has 0 N–H and O–H groups in total. The van der Waals surface area contributed by atoms with Crippen LogP contribution in [0, 0.1) is 13.8 Å². The summed E-state index contributed by atoms with van der Waals surface area (Å²) in [6.07, 6.45) is 0. The molecule has 2 aromatic rings. The quantitative estimate of drug-likeness (QED) is 0.801. The predicted octanol–water partition coefficient (Wildman–Crippen LogP) is 2.42. The van der Waals surface area contributed by atoms with Gasteiger partial charge in [0.25, 0.3) is 11.7 Å². The first-order valence-corrected chi connectivity index (χ1v) is 6.92. The lowest BCUT2D eigenvalue weighted by molar-refractivity contribution is -0.114. The molecular weight excluding hydrogens is 290 g/mol. The van der Waals surface area contributed by atoms with E-state index >= 15 is 0 Å². The molecule has 21 heavy (non-hydrogen) atoms. The highest BCUT2D eigenvalue weighted by molar-refractivity contribution is 6.52. The van der Waals surface area contributed by atoms with Crippen molar-refractivity contribution in [2.75, 3.05) is 4.90 Å². The summed E-state index contributed by atoms with van der Waals surface area (Å²) in [7, 11) is 1.74. The molecule has 6 heteroatoms. The van der Waals surface area contributed by atoms with Crippen LogP contribution in [-0.2, 0) is 18.4 Å². The lowest BCUT2D eigenvalue weighted by Gasteiger charge is -2.16. The molecular formula is C15H14ClN3O2. The number of hydrogen-bond donors (Lipinski definition) is 0. The van der Waals surface area contributed by atoms with E-state index in [2.05, 4.69) is 5.10 Å². The fourth-order valence-electron chi connectivity index (χ4n) is 2.58. The van der Waals surface area contributed by atoms with Crippen LogP contribution in [0.5, 0.6) is 0 Å². The second kappa shape index (κ2) is 4.70. The number of aryl methyl sites for hydroxylation is 3. The number of benzene rings is 1. The molecule has 1 amide bonds. The Labute approximate surface area is 127 Å². The molecule has 108 valence electrons. The fourth-order valence-corrected chi connectivity index (χ4v) is 2.82. The number of hydrogen-bond acceptors (Lipinski definition) is 3. The molecule has 0 unspecified atom stereocenters. The molecule has 0 radical (unpaired) electrons. The van der Waals surface area contributed by atoms with E-state index in [1.54, 1.807) is 23.9 Å². The first kappa shape index (κ1) is 13.8. The van der Waals surface area contributed by atoms with Gasteiger partial charge in [-0.25, -0.2) is 0 Å². The van der Waals surface area contributed by atoms with E-state index in [1.807, 2.05) is 19.9 Å². The Morgan fingerprint density at radius 1 is 1.24 bits per heavy atom. The predicted molar refractivity (Wildman–Crippen MR) is 79.7 cm³/mol. The number of nitrogens with zero attached hydrogens (tertiary/aromatic N) is 3. The van der Waals surface area contributed by atoms with Crippen LogP contribution >= 0.6 is 11.6 Å². The smallest absolute Gasteiger partial charge is 0.299 e. The highest BCUT2D eigenvalue weighted by Gasteiger charge is 2.36. The first-order valence-electron chi connectivity index (χ1n) is 6.55. The summed E-state index contributed by atoms with van der Waals surface area (Å²) < 4.78 is 1.56. The molecule has 1 aromatic heterocycles. The Kier molecular flexibility index (Phi) is 3.10. The Morgan fingerprint density at radius 2 is 1.95 bits per heavy atom. The van der Waals surface area contributed by atoms with Crippen LogP contribution in [0.25, 0.3) is 0 Å². The van der Waals surface area contributed by atoms with Crippen molar-refractivity contribution in [2.24, 2.45) is 7.05 Å². The van der Waals surface area contributed by atoms with Gasteiger partial charge in [0.05, 0.1) is 23.5 Å². The van der Waals surface area contributed by atoms with Crippen molar-refractivity contribution in [2.45, 2.75) is 20.4 Å². The van der Waals surface area contributed by atoms with E-state index < -0.39 is 11.7 Å². The summed E-state index contributed by atoms with van der Waals surface area (Å²) in [6.45, 7) is 3.97. The molecule has 5 nitrogen and oxygen atoms in total. The zero-order chi connectivity index (χ0) is 15.3.